The second-order valence-corrected chi connectivity index (χ2v) is 8.02. The Morgan fingerprint density at radius 3 is 1.97 bits per heavy atom. The van der Waals surface area contributed by atoms with Crippen LogP contribution in [-0.4, -0.2) is 91.7 Å². The Morgan fingerprint density at radius 2 is 1.45 bits per heavy atom. The second-order valence-electron chi connectivity index (χ2n) is 6.45. The Morgan fingerprint density at radius 1 is 0.935 bits per heavy atom. The minimum Gasteiger partial charge on any atom is -0.455 e. The molecule has 1 rings (SSSR count). The number of carbonyl (C=O) groups is 4. The number of ether oxygens (including phenoxy) is 5. The van der Waals surface area contributed by atoms with Gasteiger partial charge in [0.25, 0.3) is 10.1 Å². The summed E-state index contributed by atoms with van der Waals surface area (Å²) in [5.41, 5.74) is 0. The van der Waals surface area contributed by atoms with Crippen molar-refractivity contribution in [3.05, 3.63) is 0 Å². The summed E-state index contributed by atoms with van der Waals surface area (Å²) in [6.45, 7) is 2.42. The van der Waals surface area contributed by atoms with Crippen LogP contribution in [-0.2, 0) is 48.2 Å². The second kappa shape index (κ2) is 11.8. The van der Waals surface area contributed by atoms with Crippen molar-refractivity contribution in [2.45, 2.75) is 57.9 Å². The Hall–Kier alpha value is -2.49. The van der Waals surface area contributed by atoms with Gasteiger partial charge in [-0.2, -0.15) is 8.42 Å². The molecule has 0 aliphatic carbocycles. The van der Waals surface area contributed by atoms with Gasteiger partial charge < -0.3 is 34.1 Å². The monoisotopic (exact) mass is 471 g/mol. The van der Waals surface area contributed by atoms with Gasteiger partial charge in [0.2, 0.25) is 0 Å². The molecule has 178 valence electrons. The number of esters is 3. The van der Waals surface area contributed by atoms with Gasteiger partial charge in [-0.25, -0.2) is 4.79 Å². The van der Waals surface area contributed by atoms with Gasteiger partial charge in [0.05, 0.1) is 5.75 Å². The lowest BCUT2D eigenvalue weighted by Crippen LogP contribution is -2.62. The average molecular weight is 471 g/mol. The number of carbonyl (C=O) groups excluding carboxylic acids is 4. The van der Waals surface area contributed by atoms with E-state index in [9.17, 15) is 32.7 Å². The third kappa shape index (κ3) is 9.91. The molecule has 1 unspecified atom stereocenters. The maximum absolute atomic E-state index is 11.8. The quantitative estimate of drug-likeness (QED) is 0.152. The van der Waals surface area contributed by atoms with Gasteiger partial charge in [-0.05, 0) is 6.42 Å². The first-order chi connectivity index (χ1) is 14.3. The third-order valence-corrected chi connectivity index (χ3v) is 4.55. The highest BCUT2D eigenvalue weighted by Crippen LogP contribution is 2.28. The van der Waals surface area contributed by atoms with Gasteiger partial charge in [-0.3, -0.25) is 18.9 Å². The molecule has 0 aromatic carbocycles. The number of aliphatic hydroxyl groups is 1. The van der Waals surface area contributed by atoms with Crippen LogP contribution in [0.1, 0.15) is 27.2 Å². The molecule has 0 spiro atoms. The lowest BCUT2D eigenvalue weighted by Gasteiger charge is -2.42. The van der Waals surface area contributed by atoms with E-state index in [-0.39, 0.29) is 13.0 Å². The van der Waals surface area contributed by atoms with Crippen molar-refractivity contribution >= 4 is 34.1 Å². The molecule has 0 bridgehead atoms. The molecule has 31 heavy (non-hydrogen) atoms. The smallest absolute Gasteiger partial charge is 0.407 e. The highest BCUT2D eigenvalue weighted by atomic mass is 32.2. The van der Waals surface area contributed by atoms with Gasteiger partial charge in [0.15, 0.2) is 24.6 Å². The summed E-state index contributed by atoms with van der Waals surface area (Å²) in [5, 5.41) is 12.4. The number of alkyl carbamates (subject to hydrolysis) is 1. The standard InChI is InChI=1S/C16H25NO13S/c1-8(18)27-12-11(7-26-16(22)17-5-4-6-31(23,24)25)30-15(21)14(29-10(3)20)13(12)28-9(2)19/h11-15,21H,4-7H2,1-3H3,(H,17,22)(H,23,24,25)/t11-,12-,13+,14-,15?/m1/s1. The summed E-state index contributed by atoms with van der Waals surface area (Å²) in [6.07, 6.45) is -8.56. The fourth-order valence-electron chi connectivity index (χ4n) is 2.66. The summed E-state index contributed by atoms with van der Waals surface area (Å²) in [5.74, 6) is -3.04. The Balaban J connectivity index is 2.84. The summed E-state index contributed by atoms with van der Waals surface area (Å²) < 4.78 is 55.1. The number of hydrogen-bond donors (Lipinski definition) is 3. The number of hydrogen-bond acceptors (Lipinski definition) is 12. The lowest BCUT2D eigenvalue weighted by atomic mass is 9.98. The molecule has 14 nitrogen and oxygen atoms in total. The summed E-state index contributed by atoms with van der Waals surface area (Å²) >= 11 is 0. The molecule has 3 N–H and O–H groups in total. The highest BCUT2D eigenvalue weighted by Gasteiger charge is 2.51. The molecule has 1 amide bonds. The first-order valence-electron chi connectivity index (χ1n) is 9.01. The summed E-state index contributed by atoms with van der Waals surface area (Å²) in [7, 11) is -4.17. The first kappa shape index (κ1) is 26.5. The summed E-state index contributed by atoms with van der Waals surface area (Å²) in [6, 6.07) is 0. The van der Waals surface area contributed by atoms with Crippen LogP contribution in [0, 0.1) is 0 Å². The predicted octanol–water partition coefficient (Wildman–Crippen LogP) is -1.50. The van der Waals surface area contributed by atoms with E-state index in [1.54, 1.807) is 0 Å². The van der Waals surface area contributed by atoms with Crippen molar-refractivity contribution in [3.8, 4) is 0 Å². The zero-order valence-corrected chi connectivity index (χ0v) is 17.8. The normalized spacial score (nSPS) is 25.8. The molecule has 1 fully saturated rings. The van der Waals surface area contributed by atoms with Gasteiger partial charge in [-0.1, -0.05) is 0 Å². The first-order valence-corrected chi connectivity index (χ1v) is 10.6. The Bertz CT molecular complexity index is 767. The van der Waals surface area contributed by atoms with Crippen LogP contribution in [0.4, 0.5) is 4.79 Å². The van der Waals surface area contributed by atoms with Gasteiger partial charge in [0.1, 0.15) is 12.7 Å². The van der Waals surface area contributed by atoms with Crippen LogP contribution in [0.15, 0.2) is 0 Å². The van der Waals surface area contributed by atoms with E-state index >= 15 is 0 Å². The van der Waals surface area contributed by atoms with Crippen LogP contribution >= 0.6 is 0 Å². The SMILES string of the molecule is CC(=O)O[C@H]1[C@H](OC(C)=O)[C@@H](OC(C)=O)C(O)O[C@@H]1COC(=O)NCCCS(=O)(=O)O. The minimum atomic E-state index is -4.17. The molecule has 1 saturated heterocycles. The summed E-state index contributed by atoms with van der Waals surface area (Å²) in [4.78, 5) is 46.1. The molecule has 15 heteroatoms. The molecule has 1 heterocycles. The zero-order chi connectivity index (χ0) is 23.8. The molecule has 0 radical (unpaired) electrons. The van der Waals surface area contributed by atoms with E-state index in [1.807, 2.05) is 0 Å². The van der Waals surface area contributed by atoms with E-state index in [2.05, 4.69) is 5.32 Å². The van der Waals surface area contributed by atoms with E-state index in [4.69, 9.17) is 28.2 Å². The number of rotatable bonds is 9. The van der Waals surface area contributed by atoms with Crippen molar-refractivity contribution < 1.29 is 60.9 Å². The van der Waals surface area contributed by atoms with Crippen molar-refractivity contribution in [2.75, 3.05) is 18.9 Å². The number of amides is 1. The van der Waals surface area contributed by atoms with Crippen LogP contribution in [0.2, 0.25) is 0 Å². The fourth-order valence-corrected chi connectivity index (χ4v) is 3.17. The Kier molecular flexibility index (Phi) is 10.1. The fraction of sp³-hybridized carbons (Fsp3) is 0.750. The van der Waals surface area contributed by atoms with E-state index in [1.165, 1.54) is 0 Å². The average Bonchev–Trinajstić information content (AvgIpc) is 2.61. The number of nitrogens with one attached hydrogen (secondary N) is 1. The van der Waals surface area contributed by atoms with Crippen molar-refractivity contribution in [1.29, 1.82) is 0 Å². The van der Waals surface area contributed by atoms with E-state index in [0.29, 0.717) is 0 Å². The van der Waals surface area contributed by atoms with Crippen LogP contribution in [0.3, 0.4) is 0 Å². The van der Waals surface area contributed by atoms with E-state index < -0.39 is 77.2 Å². The maximum Gasteiger partial charge on any atom is 0.407 e. The van der Waals surface area contributed by atoms with E-state index in [0.717, 1.165) is 20.8 Å². The number of aliphatic hydroxyl groups excluding tert-OH is 1. The highest BCUT2D eigenvalue weighted by molar-refractivity contribution is 7.85. The minimum absolute atomic E-state index is 0.0821. The Labute approximate surface area is 177 Å². The predicted molar refractivity (Wildman–Crippen MR) is 97.9 cm³/mol. The molecule has 0 saturated carbocycles. The molecule has 0 aromatic heterocycles. The van der Waals surface area contributed by atoms with Crippen LogP contribution in [0.25, 0.3) is 0 Å². The van der Waals surface area contributed by atoms with Crippen molar-refractivity contribution in [3.63, 3.8) is 0 Å². The lowest BCUT2D eigenvalue weighted by molar-refractivity contribution is -0.295. The zero-order valence-electron chi connectivity index (χ0n) is 17.0. The van der Waals surface area contributed by atoms with Crippen molar-refractivity contribution in [2.24, 2.45) is 0 Å². The molecule has 1 aliphatic rings. The molecular formula is C16H25NO13S. The van der Waals surface area contributed by atoms with Gasteiger partial charge in [0, 0.05) is 27.3 Å². The topological polar surface area (TPSA) is 201 Å². The third-order valence-electron chi connectivity index (χ3n) is 3.74. The maximum atomic E-state index is 11.8. The van der Waals surface area contributed by atoms with Gasteiger partial charge >= 0.3 is 24.0 Å². The largest absolute Gasteiger partial charge is 0.455 e. The van der Waals surface area contributed by atoms with Crippen molar-refractivity contribution in [1.82, 2.24) is 5.32 Å². The van der Waals surface area contributed by atoms with Crippen LogP contribution < -0.4 is 5.32 Å². The molecular weight excluding hydrogens is 446 g/mol. The van der Waals surface area contributed by atoms with Crippen LogP contribution in [0.5, 0.6) is 0 Å². The van der Waals surface area contributed by atoms with Gasteiger partial charge in [-0.15, -0.1) is 0 Å². The molecule has 5 atom stereocenters. The molecule has 1 aliphatic heterocycles. The molecule has 0 aromatic rings.